The highest BCUT2D eigenvalue weighted by molar-refractivity contribution is 6.03. The molecular weight excluding hydrogens is 494 g/mol. The Hall–Kier alpha value is -5.07. The van der Waals surface area contributed by atoms with E-state index < -0.39 is 15.8 Å². The van der Waals surface area contributed by atoms with Crippen LogP contribution in [-0.4, -0.2) is 35.3 Å². The van der Waals surface area contributed by atoms with E-state index in [2.05, 4.69) is 15.5 Å². The summed E-state index contributed by atoms with van der Waals surface area (Å²) in [5.41, 5.74) is 3.40. The van der Waals surface area contributed by atoms with Crippen molar-refractivity contribution in [2.24, 2.45) is 0 Å². The Morgan fingerprint density at radius 2 is 1.74 bits per heavy atom. The van der Waals surface area contributed by atoms with E-state index in [-0.39, 0.29) is 40.9 Å². The van der Waals surface area contributed by atoms with Gasteiger partial charge in [0.25, 0.3) is 11.6 Å². The van der Waals surface area contributed by atoms with Crippen molar-refractivity contribution in [3.8, 4) is 11.5 Å². The Morgan fingerprint density at radius 3 is 2.39 bits per heavy atom. The van der Waals surface area contributed by atoms with Crippen LogP contribution in [0.15, 0.2) is 42.6 Å². The van der Waals surface area contributed by atoms with Gasteiger partial charge in [-0.25, -0.2) is 4.68 Å². The predicted molar refractivity (Wildman–Crippen MR) is 138 cm³/mol. The Balaban J connectivity index is 1.55. The molecule has 0 unspecified atom stereocenters. The minimum Gasteiger partial charge on any atom is -0.457 e. The van der Waals surface area contributed by atoms with Crippen molar-refractivity contribution >= 4 is 23.0 Å². The first kappa shape index (κ1) is 26.0. The van der Waals surface area contributed by atoms with E-state index in [1.807, 2.05) is 32.9 Å². The maximum Gasteiger partial charge on any atom is 0.312 e. The highest BCUT2D eigenvalue weighted by Gasteiger charge is 2.22. The smallest absolute Gasteiger partial charge is 0.312 e. The van der Waals surface area contributed by atoms with Crippen LogP contribution >= 0.6 is 0 Å². The molecule has 13 nitrogen and oxygen atoms in total. The third-order valence-electron chi connectivity index (χ3n) is 6.03. The highest BCUT2D eigenvalue weighted by Crippen LogP contribution is 2.33. The van der Waals surface area contributed by atoms with Crippen LogP contribution < -0.4 is 10.1 Å². The number of rotatable bonds is 8. The Kier molecular flexibility index (Phi) is 6.93. The normalized spacial score (nSPS) is 10.9. The van der Waals surface area contributed by atoms with E-state index in [1.165, 1.54) is 39.8 Å². The quantitative estimate of drug-likeness (QED) is 0.252. The zero-order valence-electron chi connectivity index (χ0n) is 21.4. The third-order valence-corrected chi connectivity index (χ3v) is 6.03. The van der Waals surface area contributed by atoms with E-state index in [0.29, 0.717) is 11.4 Å². The summed E-state index contributed by atoms with van der Waals surface area (Å²) in [5, 5.41) is 33.8. The number of nitro benzene ring substituents is 1. The van der Waals surface area contributed by atoms with Gasteiger partial charge in [-0.15, -0.1) is 0 Å². The molecule has 0 aliphatic carbocycles. The fourth-order valence-corrected chi connectivity index (χ4v) is 4.04. The van der Waals surface area contributed by atoms with Crippen LogP contribution in [0.2, 0.25) is 0 Å². The molecule has 0 fully saturated rings. The van der Waals surface area contributed by atoms with Crippen LogP contribution in [0.5, 0.6) is 11.5 Å². The molecular formula is C25H25N7O6. The zero-order chi connectivity index (χ0) is 27.7. The van der Waals surface area contributed by atoms with Crippen LogP contribution in [0.25, 0.3) is 0 Å². The molecule has 13 heteroatoms. The molecule has 2 heterocycles. The fourth-order valence-electron chi connectivity index (χ4n) is 4.04. The predicted octanol–water partition coefficient (Wildman–Crippen LogP) is 4.99. The van der Waals surface area contributed by atoms with Crippen molar-refractivity contribution in [3.05, 3.63) is 96.6 Å². The standard InChI is InChI=1S/C25H25N7O6/c1-14-8-15(2)16(3)23(9-14)38-21-11-19(10-20(12-21)31(34)35)26-25(33)22-6-7-29(28-22)13-30-18(5)24(32(36)37)17(4)27-30/h6-12H,13H2,1-5H3,(H,26,33). The zero-order valence-corrected chi connectivity index (χ0v) is 21.4. The van der Waals surface area contributed by atoms with Gasteiger partial charge in [-0.1, -0.05) is 6.07 Å². The number of nitro groups is 2. The first-order valence-electron chi connectivity index (χ1n) is 11.5. The van der Waals surface area contributed by atoms with Crippen molar-refractivity contribution < 1.29 is 19.4 Å². The average molecular weight is 520 g/mol. The topological polar surface area (TPSA) is 160 Å². The van der Waals surface area contributed by atoms with Crippen molar-refractivity contribution in [3.63, 3.8) is 0 Å². The molecule has 0 saturated carbocycles. The number of aromatic nitrogens is 4. The lowest BCUT2D eigenvalue weighted by Gasteiger charge is -2.13. The summed E-state index contributed by atoms with van der Waals surface area (Å²) in [6, 6.07) is 9.32. The lowest BCUT2D eigenvalue weighted by atomic mass is 10.1. The van der Waals surface area contributed by atoms with Crippen molar-refractivity contribution in [2.75, 3.05) is 5.32 Å². The van der Waals surface area contributed by atoms with Crippen LogP contribution in [0.1, 0.15) is 38.6 Å². The van der Waals surface area contributed by atoms with Gasteiger partial charge in [0.2, 0.25) is 0 Å². The SMILES string of the molecule is Cc1cc(C)c(C)c(Oc2cc(NC(=O)c3ccn(Cn4nc(C)c([N+](=O)[O-])c4C)n3)cc([N+](=O)[O-])c2)c1. The van der Waals surface area contributed by atoms with Crippen molar-refractivity contribution in [1.82, 2.24) is 19.6 Å². The Morgan fingerprint density at radius 1 is 1.00 bits per heavy atom. The molecule has 0 saturated heterocycles. The molecule has 0 atom stereocenters. The minimum absolute atomic E-state index is 0.0418. The van der Waals surface area contributed by atoms with E-state index >= 15 is 0 Å². The molecule has 1 N–H and O–H groups in total. The number of non-ortho nitro benzene ring substituents is 1. The Bertz CT molecular complexity index is 1590. The minimum atomic E-state index is -0.600. The number of nitrogens with one attached hydrogen (secondary N) is 1. The number of carbonyl (C=O) groups excluding carboxylic acids is 1. The van der Waals surface area contributed by atoms with E-state index in [1.54, 1.807) is 13.8 Å². The van der Waals surface area contributed by atoms with Crippen LogP contribution in [0.4, 0.5) is 17.1 Å². The van der Waals surface area contributed by atoms with Crippen molar-refractivity contribution in [1.29, 1.82) is 0 Å². The molecule has 2 aromatic heterocycles. The molecule has 196 valence electrons. The maximum absolute atomic E-state index is 12.9. The number of aryl methyl sites for hydroxylation is 3. The summed E-state index contributed by atoms with van der Waals surface area (Å²) in [7, 11) is 0. The van der Waals surface area contributed by atoms with Crippen LogP contribution in [0.3, 0.4) is 0 Å². The molecule has 2 aromatic carbocycles. The van der Waals surface area contributed by atoms with Crippen LogP contribution in [0, 0.1) is 54.8 Å². The first-order valence-corrected chi connectivity index (χ1v) is 11.5. The van der Waals surface area contributed by atoms with E-state index in [4.69, 9.17) is 4.74 Å². The second-order valence-corrected chi connectivity index (χ2v) is 8.89. The van der Waals surface area contributed by atoms with Gasteiger partial charge < -0.3 is 10.1 Å². The average Bonchev–Trinajstić information content (AvgIpc) is 3.41. The molecule has 0 aliphatic heterocycles. The van der Waals surface area contributed by atoms with Gasteiger partial charge in [-0.2, -0.15) is 10.2 Å². The van der Waals surface area contributed by atoms with Gasteiger partial charge in [-0.3, -0.25) is 29.7 Å². The number of amides is 1. The second kappa shape index (κ2) is 10.1. The van der Waals surface area contributed by atoms with Gasteiger partial charge in [0.1, 0.15) is 29.6 Å². The Labute approximate surface area is 217 Å². The molecule has 4 aromatic rings. The number of hydrogen-bond acceptors (Lipinski definition) is 8. The molecule has 0 aliphatic rings. The molecule has 0 radical (unpaired) electrons. The maximum atomic E-state index is 12.9. The summed E-state index contributed by atoms with van der Waals surface area (Å²) >= 11 is 0. The highest BCUT2D eigenvalue weighted by atomic mass is 16.6. The number of nitrogens with zero attached hydrogens (tertiary/aromatic N) is 6. The van der Waals surface area contributed by atoms with Crippen LogP contribution in [-0.2, 0) is 6.67 Å². The van der Waals surface area contributed by atoms with Crippen molar-refractivity contribution in [2.45, 2.75) is 41.3 Å². The van der Waals surface area contributed by atoms with Gasteiger partial charge >= 0.3 is 5.69 Å². The van der Waals surface area contributed by atoms with Gasteiger partial charge in [0.15, 0.2) is 5.69 Å². The summed E-state index contributed by atoms with van der Waals surface area (Å²) in [6.07, 6.45) is 1.53. The molecule has 0 bridgehead atoms. The molecule has 38 heavy (non-hydrogen) atoms. The fraction of sp³-hybridized carbons (Fsp3) is 0.240. The molecule has 4 rings (SSSR count). The number of anilines is 1. The number of carbonyl (C=O) groups is 1. The summed E-state index contributed by atoms with van der Waals surface area (Å²) in [6.45, 7) is 8.94. The summed E-state index contributed by atoms with van der Waals surface area (Å²) < 4.78 is 8.79. The number of ether oxygens (including phenoxy) is 1. The third kappa shape index (κ3) is 5.36. The summed E-state index contributed by atoms with van der Waals surface area (Å²) in [5.74, 6) is 0.153. The largest absolute Gasteiger partial charge is 0.457 e. The number of hydrogen-bond donors (Lipinski definition) is 1. The summed E-state index contributed by atoms with van der Waals surface area (Å²) in [4.78, 5) is 34.6. The lowest BCUT2D eigenvalue weighted by Crippen LogP contribution is -2.16. The first-order chi connectivity index (χ1) is 17.9. The number of benzene rings is 2. The van der Waals surface area contributed by atoms with Gasteiger partial charge in [0.05, 0.1) is 21.6 Å². The monoisotopic (exact) mass is 519 g/mol. The van der Waals surface area contributed by atoms with Gasteiger partial charge in [0, 0.05) is 18.3 Å². The van der Waals surface area contributed by atoms with E-state index in [9.17, 15) is 25.0 Å². The molecule has 0 spiro atoms. The second-order valence-electron chi connectivity index (χ2n) is 8.89. The lowest BCUT2D eigenvalue weighted by molar-refractivity contribution is -0.386. The van der Waals surface area contributed by atoms with E-state index in [0.717, 1.165) is 16.7 Å². The van der Waals surface area contributed by atoms with Gasteiger partial charge in [-0.05, 0) is 63.4 Å². The molecule has 1 amide bonds.